The van der Waals surface area contributed by atoms with Crippen LogP contribution in [0.4, 0.5) is 0 Å². The summed E-state index contributed by atoms with van der Waals surface area (Å²) < 4.78 is 29.8. The van der Waals surface area contributed by atoms with E-state index in [9.17, 15) is 18.3 Å². The lowest BCUT2D eigenvalue weighted by Crippen LogP contribution is -2.32. The average Bonchev–Trinajstić information content (AvgIpc) is 2.66. The van der Waals surface area contributed by atoms with Gasteiger partial charge in [0.2, 0.25) is 5.91 Å². The van der Waals surface area contributed by atoms with Gasteiger partial charge in [-0.3, -0.25) is 4.79 Å². The summed E-state index contributed by atoms with van der Waals surface area (Å²) in [7, 11) is -0.439. The minimum Gasteiger partial charge on any atom is -0.497 e. The minimum absolute atomic E-state index is 0.0661. The van der Waals surface area contributed by atoms with Crippen molar-refractivity contribution in [2.45, 2.75) is 24.3 Å². The standard InChI is InChI=1S/C20H25NO5S/c1-15-7-9-18(10-8-15)27(24,25)12-11-20(23)21(2)14-19(22)16-5-4-6-17(13-16)26-3/h4-10,13,19,22H,11-12,14H2,1-3H3. The lowest BCUT2D eigenvalue weighted by molar-refractivity contribution is -0.130. The Hall–Kier alpha value is -2.38. The summed E-state index contributed by atoms with van der Waals surface area (Å²) in [6.07, 6.45) is -1.03. The van der Waals surface area contributed by atoms with Crippen molar-refractivity contribution in [3.63, 3.8) is 0 Å². The second kappa shape index (κ2) is 9.01. The Morgan fingerprint density at radius 3 is 2.48 bits per heavy atom. The zero-order chi connectivity index (χ0) is 20.0. The summed E-state index contributed by atoms with van der Waals surface area (Å²) in [5.41, 5.74) is 1.59. The van der Waals surface area contributed by atoms with E-state index in [1.165, 1.54) is 12.0 Å². The first-order valence-corrected chi connectivity index (χ1v) is 10.2. The Morgan fingerprint density at radius 1 is 1.19 bits per heavy atom. The number of aliphatic hydroxyl groups excluding tert-OH is 1. The molecule has 0 saturated heterocycles. The van der Waals surface area contributed by atoms with Crippen molar-refractivity contribution in [2.24, 2.45) is 0 Å². The molecule has 0 saturated carbocycles. The van der Waals surface area contributed by atoms with E-state index in [0.717, 1.165) is 5.56 Å². The Morgan fingerprint density at radius 2 is 1.85 bits per heavy atom. The zero-order valence-corrected chi connectivity index (χ0v) is 16.6. The predicted molar refractivity (Wildman–Crippen MR) is 103 cm³/mol. The van der Waals surface area contributed by atoms with E-state index in [-0.39, 0.29) is 29.5 Å². The molecule has 1 unspecified atom stereocenters. The van der Waals surface area contributed by atoms with Gasteiger partial charge < -0.3 is 14.7 Å². The van der Waals surface area contributed by atoms with E-state index in [1.54, 1.807) is 55.6 Å². The predicted octanol–water partition coefficient (Wildman–Crippen LogP) is 2.36. The number of aliphatic hydroxyl groups is 1. The van der Waals surface area contributed by atoms with E-state index in [2.05, 4.69) is 0 Å². The van der Waals surface area contributed by atoms with Crippen molar-refractivity contribution < 1.29 is 23.1 Å². The maximum Gasteiger partial charge on any atom is 0.223 e. The maximum atomic E-state index is 12.4. The molecule has 0 radical (unpaired) electrons. The molecular weight excluding hydrogens is 366 g/mol. The number of hydrogen-bond acceptors (Lipinski definition) is 5. The van der Waals surface area contributed by atoms with E-state index in [0.29, 0.717) is 11.3 Å². The third-order valence-corrected chi connectivity index (χ3v) is 6.05. The minimum atomic E-state index is -3.52. The van der Waals surface area contributed by atoms with E-state index in [4.69, 9.17) is 4.74 Å². The number of carbonyl (C=O) groups excluding carboxylic acids is 1. The van der Waals surface area contributed by atoms with Crippen LogP contribution < -0.4 is 4.74 Å². The van der Waals surface area contributed by atoms with E-state index < -0.39 is 15.9 Å². The Balaban J connectivity index is 1.93. The highest BCUT2D eigenvalue weighted by molar-refractivity contribution is 7.91. The summed E-state index contributed by atoms with van der Waals surface area (Å²) in [6.45, 7) is 1.94. The number of methoxy groups -OCH3 is 1. The molecule has 1 amide bonds. The van der Waals surface area contributed by atoms with Crippen LogP contribution in [-0.4, -0.2) is 50.8 Å². The molecule has 0 heterocycles. The maximum absolute atomic E-state index is 12.4. The van der Waals surface area contributed by atoms with Gasteiger partial charge in [-0.25, -0.2) is 8.42 Å². The zero-order valence-electron chi connectivity index (χ0n) is 15.8. The van der Waals surface area contributed by atoms with Gasteiger partial charge in [-0.2, -0.15) is 0 Å². The molecule has 0 spiro atoms. The number of likely N-dealkylation sites (N-methyl/N-ethyl adjacent to an activating group) is 1. The lowest BCUT2D eigenvalue weighted by Gasteiger charge is -2.21. The van der Waals surface area contributed by atoms with Crippen molar-refractivity contribution in [1.82, 2.24) is 4.90 Å². The van der Waals surface area contributed by atoms with Gasteiger partial charge in [0.25, 0.3) is 0 Å². The summed E-state index contributed by atoms with van der Waals surface area (Å²) in [6, 6.07) is 13.5. The molecule has 0 aliphatic rings. The van der Waals surface area contributed by atoms with Crippen molar-refractivity contribution in [2.75, 3.05) is 26.5 Å². The number of hydrogen-bond donors (Lipinski definition) is 1. The molecule has 2 aromatic carbocycles. The highest BCUT2D eigenvalue weighted by atomic mass is 32.2. The molecule has 2 rings (SSSR count). The number of ether oxygens (including phenoxy) is 1. The molecule has 2 aromatic rings. The van der Waals surface area contributed by atoms with Gasteiger partial charge in [-0.05, 0) is 36.8 Å². The monoisotopic (exact) mass is 391 g/mol. The lowest BCUT2D eigenvalue weighted by atomic mass is 10.1. The number of rotatable bonds is 8. The SMILES string of the molecule is COc1cccc(C(O)CN(C)C(=O)CCS(=O)(=O)c2ccc(C)cc2)c1. The Labute approximate surface area is 160 Å². The normalized spacial score (nSPS) is 12.4. The van der Waals surface area contributed by atoms with Crippen LogP contribution in [0.5, 0.6) is 5.75 Å². The fourth-order valence-electron chi connectivity index (χ4n) is 2.59. The second-order valence-corrected chi connectivity index (χ2v) is 8.56. The first-order valence-electron chi connectivity index (χ1n) is 8.58. The molecular formula is C20H25NO5S. The smallest absolute Gasteiger partial charge is 0.223 e. The highest BCUT2D eigenvalue weighted by Gasteiger charge is 2.20. The molecule has 0 bridgehead atoms. The van der Waals surface area contributed by atoms with Crippen LogP contribution in [0.15, 0.2) is 53.4 Å². The number of benzene rings is 2. The molecule has 0 aromatic heterocycles. The first-order chi connectivity index (χ1) is 12.7. The van der Waals surface area contributed by atoms with Crippen molar-refractivity contribution >= 4 is 15.7 Å². The number of amides is 1. The number of sulfone groups is 1. The molecule has 0 aliphatic heterocycles. The summed E-state index contributed by atoms with van der Waals surface area (Å²) >= 11 is 0. The van der Waals surface area contributed by atoms with Crippen LogP contribution in [0.1, 0.15) is 23.7 Å². The second-order valence-electron chi connectivity index (χ2n) is 6.45. The molecule has 27 heavy (non-hydrogen) atoms. The van der Waals surface area contributed by atoms with E-state index in [1.807, 2.05) is 6.92 Å². The molecule has 0 aliphatic carbocycles. The van der Waals surface area contributed by atoms with Crippen molar-refractivity contribution in [3.05, 3.63) is 59.7 Å². The Bertz CT molecular complexity index is 878. The van der Waals surface area contributed by atoms with Gasteiger partial charge in [-0.15, -0.1) is 0 Å². The van der Waals surface area contributed by atoms with Gasteiger partial charge in [-0.1, -0.05) is 29.8 Å². The fraction of sp³-hybridized carbons (Fsp3) is 0.350. The largest absolute Gasteiger partial charge is 0.497 e. The molecule has 1 atom stereocenters. The molecule has 7 heteroatoms. The third-order valence-electron chi connectivity index (χ3n) is 4.32. The van der Waals surface area contributed by atoms with Crippen LogP contribution in [0.25, 0.3) is 0 Å². The summed E-state index contributed by atoms with van der Waals surface area (Å²) in [4.78, 5) is 13.8. The number of nitrogens with zero attached hydrogens (tertiary/aromatic N) is 1. The molecule has 0 fully saturated rings. The Kier molecular flexibility index (Phi) is 6.98. The van der Waals surface area contributed by atoms with Crippen LogP contribution in [0.3, 0.4) is 0 Å². The fourth-order valence-corrected chi connectivity index (χ4v) is 3.82. The third kappa shape index (κ3) is 5.80. The summed E-state index contributed by atoms with van der Waals surface area (Å²) in [5.74, 6) is 0.00597. The van der Waals surface area contributed by atoms with Gasteiger partial charge >= 0.3 is 0 Å². The van der Waals surface area contributed by atoms with Crippen molar-refractivity contribution in [1.29, 1.82) is 0 Å². The first kappa shape index (κ1) is 20.9. The van der Waals surface area contributed by atoms with Gasteiger partial charge in [0.15, 0.2) is 9.84 Å². The van der Waals surface area contributed by atoms with Crippen LogP contribution in [-0.2, 0) is 14.6 Å². The van der Waals surface area contributed by atoms with Crippen LogP contribution >= 0.6 is 0 Å². The molecule has 146 valence electrons. The quantitative estimate of drug-likeness (QED) is 0.747. The number of carbonyl (C=O) groups is 1. The summed E-state index contributed by atoms with van der Waals surface area (Å²) in [5, 5.41) is 10.3. The van der Waals surface area contributed by atoms with Gasteiger partial charge in [0, 0.05) is 13.5 Å². The number of aryl methyl sites for hydroxylation is 1. The molecule has 6 nitrogen and oxygen atoms in total. The molecule has 1 N–H and O–H groups in total. The van der Waals surface area contributed by atoms with Crippen LogP contribution in [0, 0.1) is 6.92 Å². The van der Waals surface area contributed by atoms with Crippen molar-refractivity contribution in [3.8, 4) is 5.75 Å². The van der Waals surface area contributed by atoms with Crippen LogP contribution in [0.2, 0.25) is 0 Å². The average molecular weight is 391 g/mol. The highest BCUT2D eigenvalue weighted by Crippen LogP contribution is 2.20. The van der Waals surface area contributed by atoms with E-state index >= 15 is 0 Å². The topological polar surface area (TPSA) is 83.9 Å². The van der Waals surface area contributed by atoms with Gasteiger partial charge in [0.05, 0.1) is 30.4 Å². The van der Waals surface area contributed by atoms with Gasteiger partial charge in [0.1, 0.15) is 5.75 Å².